The number of carbonyl (C=O) groups excluding carboxylic acids is 1. The van der Waals surface area contributed by atoms with Crippen molar-refractivity contribution in [2.45, 2.75) is 25.9 Å². The molecule has 138 valence electrons. The summed E-state index contributed by atoms with van der Waals surface area (Å²) in [6.07, 6.45) is 0. The van der Waals surface area contributed by atoms with Crippen molar-refractivity contribution in [2.75, 3.05) is 9.80 Å². The number of benzene rings is 2. The van der Waals surface area contributed by atoms with Crippen LogP contribution in [0.5, 0.6) is 0 Å². The number of hydrogen-bond donors (Lipinski definition) is 1. The molecule has 8 heteroatoms. The van der Waals surface area contributed by atoms with Gasteiger partial charge in [0.1, 0.15) is 23.2 Å². The highest BCUT2D eigenvalue weighted by molar-refractivity contribution is 7.81. The third kappa shape index (κ3) is 2.95. The van der Waals surface area contributed by atoms with E-state index in [0.717, 1.165) is 6.07 Å². The lowest BCUT2D eigenvalue weighted by Crippen LogP contribution is -2.44. The molecule has 0 radical (unpaired) electrons. The van der Waals surface area contributed by atoms with E-state index < -0.39 is 17.2 Å². The molecule has 2 aromatic rings. The summed E-state index contributed by atoms with van der Waals surface area (Å²) in [6, 6.07) is 9.99. The van der Waals surface area contributed by atoms with Crippen LogP contribution in [0.25, 0.3) is 0 Å². The van der Waals surface area contributed by atoms with Gasteiger partial charge in [-0.1, -0.05) is 6.07 Å². The number of carbonyl (C=O) groups is 1. The lowest BCUT2D eigenvalue weighted by atomic mass is 10.0. The minimum absolute atomic E-state index is 0.0511. The van der Waals surface area contributed by atoms with E-state index in [-0.39, 0.29) is 28.8 Å². The van der Waals surface area contributed by atoms with Crippen molar-refractivity contribution in [1.82, 2.24) is 0 Å². The van der Waals surface area contributed by atoms with Crippen LogP contribution >= 0.6 is 12.2 Å². The van der Waals surface area contributed by atoms with Crippen molar-refractivity contribution in [3.8, 4) is 6.07 Å². The predicted molar refractivity (Wildman–Crippen MR) is 102 cm³/mol. The first kappa shape index (κ1) is 18.9. The number of thiocarbonyl (C=S) groups is 1. The smallest absolute Gasteiger partial charge is 0.259 e. The summed E-state index contributed by atoms with van der Waals surface area (Å²) >= 11 is 5.46. The number of halogens is 2. The summed E-state index contributed by atoms with van der Waals surface area (Å²) in [6.45, 7) is 3.35. The van der Waals surface area contributed by atoms with Gasteiger partial charge in [-0.15, -0.1) is 0 Å². The molecule has 0 unspecified atom stereocenters. The molecule has 2 aromatic carbocycles. The number of nitriles is 1. The fraction of sp³-hybridized carbons (Fsp3) is 0.211. The molecule has 2 N–H and O–H groups in total. The van der Waals surface area contributed by atoms with Gasteiger partial charge in [-0.2, -0.15) is 5.26 Å². The molecule has 0 aromatic heterocycles. The molecule has 0 spiro atoms. The Bertz CT molecular complexity index is 1000. The first-order valence-corrected chi connectivity index (χ1v) is 8.50. The molecular weight excluding hydrogens is 370 g/mol. The van der Waals surface area contributed by atoms with Crippen LogP contribution in [0.15, 0.2) is 36.4 Å². The van der Waals surface area contributed by atoms with E-state index in [1.165, 1.54) is 34.1 Å². The van der Waals surface area contributed by atoms with Gasteiger partial charge in [-0.25, -0.2) is 8.78 Å². The molecule has 1 aliphatic rings. The highest BCUT2D eigenvalue weighted by Crippen LogP contribution is 2.37. The average Bonchev–Trinajstić information content (AvgIpc) is 2.79. The van der Waals surface area contributed by atoms with Crippen LogP contribution in [0.4, 0.5) is 20.2 Å². The molecule has 5 nitrogen and oxygen atoms in total. The molecule has 1 fully saturated rings. The Morgan fingerprint density at radius 1 is 1.15 bits per heavy atom. The first-order valence-electron chi connectivity index (χ1n) is 8.09. The molecule has 1 amide bonds. The van der Waals surface area contributed by atoms with Crippen LogP contribution in [0.3, 0.4) is 0 Å². The van der Waals surface area contributed by atoms with Gasteiger partial charge in [0.05, 0.1) is 11.3 Å². The largest absolute Gasteiger partial charge is 0.326 e. The third-order valence-corrected chi connectivity index (χ3v) is 4.88. The topological polar surface area (TPSA) is 73.4 Å². The van der Waals surface area contributed by atoms with Gasteiger partial charge in [0.25, 0.3) is 5.91 Å². The van der Waals surface area contributed by atoms with Gasteiger partial charge in [-0.05, 0) is 56.4 Å². The second-order valence-corrected chi connectivity index (χ2v) is 6.94. The molecule has 1 heterocycles. The van der Waals surface area contributed by atoms with Gasteiger partial charge < -0.3 is 10.6 Å². The minimum Gasteiger partial charge on any atom is -0.326 e. The van der Waals surface area contributed by atoms with Crippen LogP contribution in [0.1, 0.15) is 25.0 Å². The Labute approximate surface area is 160 Å². The Balaban J connectivity index is 2.07. The van der Waals surface area contributed by atoms with Crippen LogP contribution in [0, 0.1) is 23.0 Å². The second-order valence-electron chi connectivity index (χ2n) is 6.57. The maximum Gasteiger partial charge on any atom is 0.259 e. The second kappa shape index (κ2) is 6.68. The standard InChI is InChI=1S/C19H16F2N4OS/c1-19(2)17(26)24(13-5-3-11(9-22)15(20)7-13)18(27)25(19)14-6-4-12(10-23)16(21)8-14/h3-8H,10,23H2,1-2H3. The average molecular weight is 386 g/mol. The van der Waals surface area contributed by atoms with E-state index in [9.17, 15) is 13.6 Å². The summed E-state index contributed by atoms with van der Waals surface area (Å²) in [4.78, 5) is 15.7. The summed E-state index contributed by atoms with van der Waals surface area (Å²) in [5.41, 5.74) is 5.19. The normalized spacial score (nSPS) is 16.0. The minimum atomic E-state index is -1.11. The van der Waals surface area contributed by atoms with E-state index >= 15 is 0 Å². The van der Waals surface area contributed by atoms with Crippen molar-refractivity contribution in [2.24, 2.45) is 5.73 Å². The molecular formula is C19H16F2N4OS. The van der Waals surface area contributed by atoms with Crippen LogP contribution in [-0.4, -0.2) is 16.6 Å². The Hall–Kier alpha value is -2.89. The number of amides is 1. The maximum absolute atomic E-state index is 14.2. The Morgan fingerprint density at radius 3 is 2.33 bits per heavy atom. The molecule has 1 saturated heterocycles. The quantitative estimate of drug-likeness (QED) is 0.820. The van der Waals surface area contributed by atoms with Gasteiger partial charge >= 0.3 is 0 Å². The molecule has 0 saturated carbocycles. The molecule has 3 rings (SSSR count). The van der Waals surface area contributed by atoms with Crippen LogP contribution < -0.4 is 15.5 Å². The highest BCUT2D eigenvalue weighted by Gasteiger charge is 2.50. The van der Waals surface area contributed by atoms with Crippen molar-refractivity contribution >= 4 is 34.6 Å². The number of nitrogens with zero attached hydrogens (tertiary/aromatic N) is 3. The fourth-order valence-corrected chi connectivity index (χ4v) is 3.55. The lowest BCUT2D eigenvalue weighted by Gasteiger charge is -2.29. The van der Waals surface area contributed by atoms with Crippen molar-refractivity contribution in [3.63, 3.8) is 0 Å². The van der Waals surface area contributed by atoms with E-state index in [1.54, 1.807) is 26.0 Å². The zero-order chi connectivity index (χ0) is 19.9. The summed E-state index contributed by atoms with van der Waals surface area (Å²) in [7, 11) is 0. The van der Waals surface area contributed by atoms with Crippen molar-refractivity contribution in [3.05, 3.63) is 59.2 Å². The monoisotopic (exact) mass is 386 g/mol. The third-order valence-electron chi connectivity index (χ3n) is 4.51. The zero-order valence-electron chi connectivity index (χ0n) is 14.7. The zero-order valence-corrected chi connectivity index (χ0v) is 15.5. The van der Waals surface area contributed by atoms with Crippen molar-refractivity contribution < 1.29 is 13.6 Å². The molecule has 0 bridgehead atoms. The van der Waals surface area contributed by atoms with Gasteiger partial charge in [0, 0.05) is 17.8 Å². The van der Waals surface area contributed by atoms with Gasteiger partial charge in [-0.3, -0.25) is 9.69 Å². The summed E-state index contributed by atoms with van der Waals surface area (Å²) in [5, 5.41) is 8.96. The molecule has 0 atom stereocenters. The summed E-state index contributed by atoms with van der Waals surface area (Å²) in [5.74, 6) is -1.64. The predicted octanol–water partition coefficient (Wildman–Crippen LogP) is 3.21. The van der Waals surface area contributed by atoms with E-state index in [4.69, 9.17) is 23.2 Å². The van der Waals surface area contributed by atoms with E-state index in [2.05, 4.69) is 0 Å². The summed E-state index contributed by atoms with van der Waals surface area (Å²) < 4.78 is 28.2. The maximum atomic E-state index is 14.2. The Kier molecular flexibility index (Phi) is 4.68. The van der Waals surface area contributed by atoms with E-state index in [1.807, 2.05) is 0 Å². The molecule has 27 heavy (non-hydrogen) atoms. The fourth-order valence-electron chi connectivity index (χ4n) is 3.03. The van der Waals surface area contributed by atoms with Crippen LogP contribution in [0.2, 0.25) is 0 Å². The van der Waals surface area contributed by atoms with Crippen molar-refractivity contribution in [1.29, 1.82) is 5.26 Å². The first-order chi connectivity index (χ1) is 12.7. The lowest BCUT2D eigenvalue weighted by molar-refractivity contribution is -0.120. The van der Waals surface area contributed by atoms with Gasteiger partial charge in [0.2, 0.25) is 0 Å². The number of hydrogen-bond acceptors (Lipinski definition) is 4. The van der Waals surface area contributed by atoms with E-state index in [0.29, 0.717) is 11.3 Å². The highest BCUT2D eigenvalue weighted by atomic mass is 32.1. The SMILES string of the molecule is CC1(C)C(=O)N(c2ccc(C#N)c(F)c2)C(=S)N1c1ccc(CN)c(F)c1. The van der Waals surface area contributed by atoms with Crippen LogP contribution in [-0.2, 0) is 11.3 Å². The number of rotatable bonds is 3. The Morgan fingerprint density at radius 2 is 1.78 bits per heavy atom. The molecule has 0 aliphatic carbocycles. The number of nitrogens with two attached hydrogens (primary N) is 1. The number of anilines is 2. The van der Waals surface area contributed by atoms with Gasteiger partial charge in [0.15, 0.2) is 5.11 Å². The molecule has 1 aliphatic heterocycles.